The lowest BCUT2D eigenvalue weighted by Crippen LogP contribution is -2.35. The summed E-state index contributed by atoms with van der Waals surface area (Å²) in [6, 6.07) is 4.00. The minimum absolute atomic E-state index is 0.0176. The average Bonchev–Trinajstić information content (AvgIpc) is 2.34. The minimum atomic E-state index is -0.0766. The predicted octanol–water partition coefficient (Wildman–Crippen LogP) is 3.57. The van der Waals surface area contributed by atoms with Gasteiger partial charge in [-0.05, 0) is 70.3 Å². The number of halogens is 2. The van der Waals surface area contributed by atoms with E-state index in [4.69, 9.17) is 4.74 Å². The number of hydrogen-bond acceptors (Lipinski definition) is 3. The molecule has 0 aliphatic heterocycles. The Bertz CT molecular complexity index is 488. The Balaban J connectivity index is 2.78. The molecule has 0 fully saturated rings. The maximum atomic E-state index is 11.6. The van der Waals surface area contributed by atoms with Crippen molar-refractivity contribution in [3.63, 3.8) is 0 Å². The highest BCUT2D eigenvalue weighted by molar-refractivity contribution is 9.11. The van der Waals surface area contributed by atoms with Crippen LogP contribution in [0.25, 0.3) is 0 Å². The summed E-state index contributed by atoms with van der Waals surface area (Å²) in [6.07, 6.45) is 0. The van der Waals surface area contributed by atoms with Gasteiger partial charge in [0.2, 0.25) is 0 Å². The van der Waals surface area contributed by atoms with E-state index in [0.29, 0.717) is 5.75 Å². The van der Waals surface area contributed by atoms with Crippen molar-refractivity contribution < 1.29 is 9.53 Å². The van der Waals surface area contributed by atoms with Gasteiger partial charge in [0.15, 0.2) is 6.61 Å². The van der Waals surface area contributed by atoms with Crippen molar-refractivity contribution in [2.24, 2.45) is 0 Å². The van der Waals surface area contributed by atoms with E-state index in [-0.39, 0.29) is 18.1 Å². The molecule has 1 aromatic rings. The Morgan fingerprint density at radius 3 is 2.19 bits per heavy atom. The smallest absolute Gasteiger partial charge is 0.259 e. The Morgan fingerprint density at radius 1 is 1.24 bits per heavy atom. The highest BCUT2D eigenvalue weighted by Gasteiger charge is 2.14. The van der Waals surface area contributed by atoms with Gasteiger partial charge in [0.05, 0.1) is 8.95 Å². The van der Waals surface area contributed by atoms with Gasteiger partial charge < -0.3 is 15.0 Å². The predicted molar refractivity (Wildman–Crippen MR) is 92.6 cm³/mol. The van der Waals surface area contributed by atoms with E-state index in [1.807, 2.05) is 12.1 Å². The minimum Gasteiger partial charge on any atom is -0.481 e. The molecule has 118 valence electrons. The number of carbonyl (C=O) groups is 1. The molecule has 0 aromatic heterocycles. The van der Waals surface area contributed by atoms with E-state index in [9.17, 15) is 4.79 Å². The second-order valence-electron chi connectivity index (χ2n) is 6.07. The van der Waals surface area contributed by atoms with E-state index in [0.717, 1.165) is 21.1 Å². The zero-order chi connectivity index (χ0) is 16.2. The fourth-order valence-corrected chi connectivity index (χ4v) is 2.99. The molecule has 0 spiro atoms. The summed E-state index contributed by atoms with van der Waals surface area (Å²) in [5.41, 5.74) is 1.20. The Hall–Kier alpha value is -0.590. The van der Waals surface area contributed by atoms with Crippen molar-refractivity contribution in [3.8, 4) is 5.75 Å². The second kappa shape index (κ2) is 7.61. The van der Waals surface area contributed by atoms with Crippen LogP contribution < -0.4 is 10.1 Å². The quantitative estimate of drug-likeness (QED) is 0.790. The summed E-state index contributed by atoms with van der Waals surface area (Å²) in [7, 11) is 3.41. The summed E-state index contributed by atoms with van der Waals surface area (Å²) in [5.74, 6) is 0.567. The third-order valence-electron chi connectivity index (χ3n) is 2.72. The van der Waals surface area contributed by atoms with Crippen molar-refractivity contribution in [1.29, 1.82) is 0 Å². The first kappa shape index (κ1) is 18.5. The van der Waals surface area contributed by atoms with Gasteiger partial charge in [0, 0.05) is 26.2 Å². The molecule has 0 saturated carbocycles. The molecule has 0 saturated heterocycles. The van der Waals surface area contributed by atoms with Crippen molar-refractivity contribution >= 4 is 37.8 Å². The van der Waals surface area contributed by atoms with E-state index in [1.165, 1.54) is 4.90 Å². The average molecular weight is 422 g/mol. The van der Waals surface area contributed by atoms with Gasteiger partial charge in [-0.1, -0.05) is 0 Å². The van der Waals surface area contributed by atoms with Crippen molar-refractivity contribution in [1.82, 2.24) is 10.2 Å². The molecule has 0 heterocycles. The van der Waals surface area contributed by atoms with Crippen LogP contribution in [0.4, 0.5) is 0 Å². The first-order valence-corrected chi connectivity index (χ1v) is 8.24. The summed E-state index contributed by atoms with van der Waals surface area (Å²) in [4.78, 5) is 13.1. The third-order valence-corrected chi connectivity index (χ3v) is 3.90. The van der Waals surface area contributed by atoms with E-state index < -0.39 is 0 Å². The van der Waals surface area contributed by atoms with Gasteiger partial charge in [-0.15, -0.1) is 0 Å². The molecule has 21 heavy (non-hydrogen) atoms. The van der Waals surface area contributed by atoms with Crippen LogP contribution in [0.1, 0.15) is 26.3 Å². The molecular formula is C15H22Br2N2O2. The molecular weight excluding hydrogens is 400 g/mol. The maximum Gasteiger partial charge on any atom is 0.259 e. The molecule has 1 rings (SSSR count). The number of carbonyl (C=O) groups excluding carboxylic acids is 1. The topological polar surface area (TPSA) is 41.6 Å². The zero-order valence-corrected chi connectivity index (χ0v) is 16.3. The monoisotopic (exact) mass is 420 g/mol. The number of rotatable bonds is 5. The van der Waals surface area contributed by atoms with E-state index >= 15 is 0 Å². The lowest BCUT2D eigenvalue weighted by atomic mass is 10.1. The number of hydrogen-bond donors (Lipinski definition) is 1. The molecule has 0 aliphatic rings. The molecule has 0 bridgehead atoms. The van der Waals surface area contributed by atoms with Gasteiger partial charge in [-0.2, -0.15) is 0 Å². The first-order chi connectivity index (χ1) is 9.60. The van der Waals surface area contributed by atoms with E-state index in [1.54, 1.807) is 14.1 Å². The lowest BCUT2D eigenvalue weighted by Gasteiger charge is -2.21. The normalized spacial score (nSPS) is 11.4. The summed E-state index contributed by atoms with van der Waals surface area (Å²) in [6.45, 7) is 7.16. The van der Waals surface area contributed by atoms with Crippen molar-refractivity contribution in [3.05, 3.63) is 26.6 Å². The highest BCUT2D eigenvalue weighted by Crippen LogP contribution is 2.34. The molecule has 0 atom stereocenters. The van der Waals surface area contributed by atoms with Crippen LogP contribution >= 0.6 is 31.9 Å². The number of benzene rings is 1. The van der Waals surface area contributed by atoms with Gasteiger partial charge in [0.1, 0.15) is 5.75 Å². The Kier molecular flexibility index (Phi) is 6.69. The Morgan fingerprint density at radius 2 is 1.76 bits per heavy atom. The van der Waals surface area contributed by atoms with Gasteiger partial charge >= 0.3 is 0 Å². The number of likely N-dealkylation sites (N-methyl/N-ethyl adjacent to an activating group) is 1. The summed E-state index contributed by atoms with van der Waals surface area (Å²) >= 11 is 7.00. The number of nitrogens with zero attached hydrogens (tertiary/aromatic N) is 1. The lowest BCUT2D eigenvalue weighted by molar-refractivity contribution is -0.130. The molecule has 0 radical (unpaired) electrons. The van der Waals surface area contributed by atoms with E-state index in [2.05, 4.69) is 57.9 Å². The van der Waals surface area contributed by atoms with Gasteiger partial charge in [-0.3, -0.25) is 4.79 Å². The van der Waals surface area contributed by atoms with Crippen LogP contribution in [0, 0.1) is 0 Å². The fraction of sp³-hybridized carbons (Fsp3) is 0.533. The van der Waals surface area contributed by atoms with Gasteiger partial charge in [0.25, 0.3) is 5.91 Å². The van der Waals surface area contributed by atoms with Crippen LogP contribution in [0.15, 0.2) is 21.1 Å². The standard InChI is InChI=1S/C15H22Br2N2O2/c1-15(2,3)18-8-10-6-11(16)14(12(17)7-10)21-9-13(20)19(4)5/h6-7,18H,8-9H2,1-5H3. The highest BCUT2D eigenvalue weighted by atomic mass is 79.9. The molecule has 1 N–H and O–H groups in total. The molecule has 1 amide bonds. The van der Waals surface area contributed by atoms with Crippen LogP contribution in [0.2, 0.25) is 0 Å². The SMILES string of the molecule is CN(C)C(=O)COc1c(Br)cc(CNC(C)(C)C)cc1Br. The summed E-state index contributed by atoms with van der Waals surface area (Å²) < 4.78 is 7.24. The first-order valence-electron chi connectivity index (χ1n) is 6.66. The van der Waals surface area contributed by atoms with Crippen LogP contribution in [-0.2, 0) is 11.3 Å². The molecule has 6 heteroatoms. The van der Waals surface area contributed by atoms with Crippen LogP contribution in [0.3, 0.4) is 0 Å². The van der Waals surface area contributed by atoms with Crippen molar-refractivity contribution in [2.45, 2.75) is 32.9 Å². The number of ether oxygens (including phenoxy) is 1. The van der Waals surface area contributed by atoms with Crippen molar-refractivity contribution in [2.75, 3.05) is 20.7 Å². The summed E-state index contributed by atoms with van der Waals surface area (Å²) in [5, 5.41) is 3.43. The van der Waals surface area contributed by atoms with Crippen LogP contribution in [-0.4, -0.2) is 37.0 Å². The molecule has 4 nitrogen and oxygen atoms in total. The molecule has 1 aromatic carbocycles. The third kappa shape index (κ3) is 6.36. The zero-order valence-electron chi connectivity index (χ0n) is 13.1. The number of nitrogens with one attached hydrogen (secondary N) is 1. The maximum absolute atomic E-state index is 11.6. The van der Waals surface area contributed by atoms with Gasteiger partial charge in [-0.25, -0.2) is 0 Å². The van der Waals surface area contributed by atoms with Crippen LogP contribution in [0.5, 0.6) is 5.75 Å². The molecule has 0 aliphatic carbocycles. The number of amides is 1. The fourth-order valence-electron chi connectivity index (χ4n) is 1.48. The molecule has 0 unspecified atom stereocenters. The second-order valence-corrected chi connectivity index (χ2v) is 7.78. The largest absolute Gasteiger partial charge is 0.481 e. The Labute approximate surface area is 143 Å².